The van der Waals surface area contributed by atoms with Crippen molar-refractivity contribution in [1.82, 2.24) is 15.0 Å². The first-order valence-electron chi connectivity index (χ1n) is 8.53. The molecule has 0 spiro atoms. The molecule has 28 heavy (non-hydrogen) atoms. The van der Waals surface area contributed by atoms with Crippen molar-refractivity contribution in [1.29, 1.82) is 0 Å². The highest BCUT2D eigenvalue weighted by molar-refractivity contribution is 7.13. The molecule has 0 bridgehead atoms. The summed E-state index contributed by atoms with van der Waals surface area (Å²) in [6, 6.07) is 9.36. The number of nitrogens with two attached hydrogens (primary N) is 1. The number of nitrogens with zero attached hydrogens (tertiary/aromatic N) is 2. The second kappa shape index (κ2) is 7.21. The van der Waals surface area contributed by atoms with E-state index in [0.29, 0.717) is 10.6 Å². The topological polar surface area (TPSA) is 102 Å². The minimum atomic E-state index is -0.505. The number of primary amides is 1. The number of H-pyrrole nitrogens is 1. The summed E-state index contributed by atoms with van der Waals surface area (Å²) in [4.78, 5) is 36.2. The lowest BCUT2D eigenvalue weighted by Gasteiger charge is -2.04. The van der Waals surface area contributed by atoms with Crippen LogP contribution in [-0.4, -0.2) is 26.6 Å². The maximum Gasteiger partial charge on any atom is 0.241 e. The molecule has 3 heterocycles. The number of aryl methyl sites for hydroxylation is 1. The zero-order chi connectivity index (χ0) is 19.7. The predicted molar refractivity (Wildman–Crippen MR) is 110 cm³/mol. The smallest absolute Gasteiger partial charge is 0.241 e. The van der Waals surface area contributed by atoms with Gasteiger partial charge in [-0.05, 0) is 24.6 Å². The molecule has 4 rings (SSSR count). The number of thiazole rings is 1. The fourth-order valence-corrected chi connectivity index (χ4v) is 3.61. The van der Waals surface area contributed by atoms with Gasteiger partial charge in [0.05, 0.1) is 0 Å². The first-order chi connectivity index (χ1) is 13.5. The van der Waals surface area contributed by atoms with Gasteiger partial charge in [-0.3, -0.25) is 9.59 Å². The lowest BCUT2D eigenvalue weighted by molar-refractivity contribution is -0.113. The van der Waals surface area contributed by atoms with Crippen LogP contribution in [0.5, 0.6) is 0 Å². The molecule has 3 aromatic heterocycles. The molecule has 6 nitrogen and oxygen atoms in total. The van der Waals surface area contributed by atoms with E-state index in [1.54, 1.807) is 36.8 Å². The minimum absolute atomic E-state index is 0.0808. The normalized spacial score (nSPS) is 11.3. The molecule has 0 saturated heterocycles. The molecule has 0 saturated carbocycles. The molecule has 0 fully saturated rings. The summed E-state index contributed by atoms with van der Waals surface area (Å²) in [7, 11) is 0. The van der Waals surface area contributed by atoms with E-state index in [0.717, 1.165) is 32.6 Å². The molecule has 0 aliphatic rings. The van der Waals surface area contributed by atoms with Crippen molar-refractivity contribution in [3.63, 3.8) is 0 Å². The summed E-state index contributed by atoms with van der Waals surface area (Å²) in [6.45, 7) is 1.93. The number of fused-ring (bicyclic) bond motifs is 1. The van der Waals surface area contributed by atoms with Gasteiger partial charge in [0.2, 0.25) is 11.7 Å². The zero-order valence-electron chi connectivity index (χ0n) is 15.0. The highest BCUT2D eigenvalue weighted by Crippen LogP contribution is 2.26. The zero-order valence-corrected chi connectivity index (χ0v) is 15.8. The maximum absolute atomic E-state index is 12.5. The third-order valence-corrected chi connectivity index (χ3v) is 5.20. The van der Waals surface area contributed by atoms with Crippen LogP contribution in [0.2, 0.25) is 0 Å². The van der Waals surface area contributed by atoms with Crippen LogP contribution in [0.25, 0.3) is 28.2 Å². The van der Waals surface area contributed by atoms with E-state index in [4.69, 9.17) is 5.73 Å². The van der Waals surface area contributed by atoms with Crippen LogP contribution < -0.4 is 5.73 Å². The van der Waals surface area contributed by atoms with E-state index in [9.17, 15) is 9.59 Å². The molecule has 138 valence electrons. The average molecular weight is 388 g/mol. The van der Waals surface area contributed by atoms with E-state index < -0.39 is 5.91 Å². The SMILES string of the molecule is Cc1cnc(C(=O)c2ccc(-c3cnc4[nH]cc(/C=C/C(N)=O)c4c3)cc2)s1. The number of ketones is 1. The summed E-state index contributed by atoms with van der Waals surface area (Å²) in [5, 5.41) is 1.37. The van der Waals surface area contributed by atoms with Gasteiger partial charge < -0.3 is 10.7 Å². The van der Waals surface area contributed by atoms with Crippen LogP contribution in [0.3, 0.4) is 0 Å². The summed E-state index contributed by atoms with van der Waals surface area (Å²) in [5.74, 6) is -0.586. The molecule has 3 N–H and O–H groups in total. The Labute approximate surface area is 164 Å². The van der Waals surface area contributed by atoms with Gasteiger partial charge in [-0.25, -0.2) is 9.97 Å². The van der Waals surface area contributed by atoms with Crippen LogP contribution in [0, 0.1) is 6.92 Å². The number of pyridine rings is 1. The summed E-state index contributed by atoms with van der Waals surface area (Å²) >= 11 is 1.39. The number of hydrogen-bond acceptors (Lipinski definition) is 5. The molecule has 0 unspecified atom stereocenters. The fourth-order valence-electron chi connectivity index (χ4n) is 2.89. The van der Waals surface area contributed by atoms with E-state index >= 15 is 0 Å². The van der Waals surface area contributed by atoms with Crippen molar-refractivity contribution in [3.05, 3.63) is 76.0 Å². The Morgan fingerprint density at radius 3 is 2.57 bits per heavy atom. The monoisotopic (exact) mass is 388 g/mol. The number of benzene rings is 1. The summed E-state index contributed by atoms with van der Waals surface area (Å²) in [6.07, 6.45) is 8.22. The van der Waals surface area contributed by atoms with Gasteiger partial charge in [-0.15, -0.1) is 11.3 Å². The summed E-state index contributed by atoms with van der Waals surface area (Å²) < 4.78 is 0. The number of nitrogens with one attached hydrogen (secondary N) is 1. The number of hydrogen-bond donors (Lipinski definition) is 2. The number of carbonyl (C=O) groups excluding carboxylic acids is 2. The largest absolute Gasteiger partial charge is 0.366 e. The quantitative estimate of drug-likeness (QED) is 0.402. The second-order valence-corrected chi connectivity index (χ2v) is 7.52. The van der Waals surface area contributed by atoms with Crippen molar-refractivity contribution in [2.45, 2.75) is 6.92 Å². The Morgan fingerprint density at radius 1 is 1.11 bits per heavy atom. The summed E-state index contributed by atoms with van der Waals surface area (Å²) in [5.41, 5.74) is 9.16. The number of amides is 1. The van der Waals surface area contributed by atoms with Crippen LogP contribution >= 0.6 is 11.3 Å². The first-order valence-corrected chi connectivity index (χ1v) is 9.35. The van der Waals surface area contributed by atoms with Crippen LogP contribution in [0.1, 0.15) is 25.8 Å². The number of aromatic nitrogens is 3. The van der Waals surface area contributed by atoms with Gasteiger partial charge >= 0.3 is 0 Å². The molecule has 0 aliphatic heterocycles. The van der Waals surface area contributed by atoms with Crippen LogP contribution in [0.4, 0.5) is 0 Å². The van der Waals surface area contributed by atoms with Crippen molar-refractivity contribution in [3.8, 4) is 11.1 Å². The number of aromatic amines is 1. The Balaban J connectivity index is 1.65. The Morgan fingerprint density at radius 2 is 1.89 bits per heavy atom. The Kier molecular flexibility index (Phi) is 4.58. The number of carbonyl (C=O) groups is 2. The molecule has 1 aromatic carbocycles. The molecule has 0 radical (unpaired) electrons. The van der Waals surface area contributed by atoms with Gasteiger partial charge in [0, 0.05) is 51.6 Å². The van der Waals surface area contributed by atoms with Gasteiger partial charge in [-0.1, -0.05) is 24.3 Å². The van der Waals surface area contributed by atoms with Crippen molar-refractivity contribution >= 4 is 40.1 Å². The van der Waals surface area contributed by atoms with E-state index in [1.165, 1.54) is 17.4 Å². The van der Waals surface area contributed by atoms with E-state index in [1.807, 2.05) is 25.1 Å². The molecular weight excluding hydrogens is 372 g/mol. The number of rotatable bonds is 5. The highest BCUT2D eigenvalue weighted by atomic mass is 32.1. The first kappa shape index (κ1) is 17.8. The van der Waals surface area contributed by atoms with Gasteiger partial charge in [-0.2, -0.15) is 0 Å². The minimum Gasteiger partial charge on any atom is -0.366 e. The van der Waals surface area contributed by atoms with Crippen molar-refractivity contribution in [2.24, 2.45) is 5.73 Å². The van der Waals surface area contributed by atoms with Gasteiger partial charge in [0.25, 0.3) is 0 Å². The Hall–Kier alpha value is -3.58. The predicted octanol–water partition coefficient (Wildman–Crippen LogP) is 3.72. The highest BCUT2D eigenvalue weighted by Gasteiger charge is 2.13. The van der Waals surface area contributed by atoms with E-state index in [2.05, 4.69) is 15.0 Å². The van der Waals surface area contributed by atoms with Crippen molar-refractivity contribution in [2.75, 3.05) is 0 Å². The van der Waals surface area contributed by atoms with Crippen LogP contribution in [0.15, 0.2) is 55.0 Å². The molecular formula is C21H16N4O2S. The molecule has 4 aromatic rings. The fraction of sp³-hybridized carbons (Fsp3) is 0.0476. The van der Waals surface area contributed by atoms with Crippen LogP contribution in [-0.2, 0) is 4.79 Å². The maximum atomic E-state index is 12.5. The lowest BCUT2D eigenvalue weighted by Crippen LogP contribution is -2.04. The van der Waals surface area contributed by atoms with Gasteiger partial charge in [0.15, 0.2) is 5.01 Å². The molecule has 1 amide bonds. The third-order valence-electron chi connectivity index (χ3n) is 4.29. The third kappa shape index (κ3) is 3.47. The van der Waals surface area contributed by atoms with Crippen molar-refractivity contribution < 1.29 is 9.59 Å². The average Bonchev–Trinajstić information content (AvgIpc) is 3.31. The lowest BCUT2D eigenvalue weighted by atomic mass is 10.0. The molecule has 0 atom stereocenters. The molecule has 0 aliphatic carbocycles. The Bertz CT molecular complexity index is 1220. The molecule has 7 heteroatoms. The van der Waals surface area contributed by atoms with Gasteiger partial charge in [0.1, 0.15) is 5.65 Å². The second-order valence-electron chi connectivity index (χ2n) is 6.28. The standard InChI is InChI=1S/C21H16N4O2S/c1-12-9-25-21(28-12)19(27)14-4-2-13(3-5-14)16-8-17-15(6-7-18(22)26)10-23-20(17)24-11-16/h2-11H,1H3,(H2,22,26)(H,23,24)/b7-6+. The van der Waals surface area contributed by atoms with E-state index in [-0.39, 0.29) is 5.78 Å².